The van der Waals surface area contributed by atoms with E-state index in [9.17, 15) is 4.79 Å². The molecule has 0 spiro atoms. The van der Waals surface area contributed by atoms with Crippen LogP contribution in [-0.2, 0) is 13.1 Å². The average Bonchev–Trinajstić information content (AvgIpc) is 3.27. The van der Waals surface area contributed by atoms with Gasteiger partial charge in [-0.25, -0.2) is 9.83 Å². The number of hydrogen-bond donors (Lipinski definition) is 0. The van der Waals surface area contributed by atoms with Crippen LogP contribution in [0, 0.1) is 25.3 Å². The molecule has 1 saturated heterocycles. The van der Waals surface area contributed by atoms with Crippen LogP contribution >= 0.6 is 0 Å². The fourth-order valence-corrected chi connectivity index (χ4v) is 4.09. The third-order valence-corrected chi connectivity index (χ3v) is 6.00. The third-order valence-electron chi connectivity index (χ3n) is 6.00. The number of rotatable bonds is 5. The molecule has 4 rings (SSSR count). The Balaban J connectivity index is 1.34. The summed E-state index contributed by atoms with van der Waals surface area (Å²) in [7, 11) is 0. The van der Waals surface area contributed by atoms with E-state index in [1.54, 1.807) is 0 Å². The van der Waals surface area contributed by atoms with Crippen molar-refractivity contribution in [3.05, 3.63) is 94.4 Å². The van der Waals surface area contributed by atoms with Gasteiger partial charge in [0.15, 0.2) is 5.69 Å². The molecule has 0 saturated carbocycles. The molecule has 2 heterocycles. The molecule has 1 amide bonds. The largest absolute Gasteiger partial charge is 0.336 e. The molecule has 2 aromatic carbocycles. The van der Waals surface area contributed by atoms with Crippen LogP contribution in [0.25, 0.3) is 4.85 Å². The van der Waals surface area contributed by atoms with Gasteiger partial charge in [0.25, 0.3) is 5.91 Å². The standard InChI is InChI=1S/C27H27N5O/c1-4-5-23-8-9-24(16-21(23)2)27(33)31-14-12-30(13-15-31)19-26-17-29-20-32(26)18-22-6-10-25(28-3)11-7-22/h6-11,16-17,20H,12-15,18-19H2,1-2H3. The van der Waals surface area contributed by atoms with Crippen molar-refractivity contribution < 1.29 is 4.79 Å². The second-order valence-electron chi connectivity index (χ2n) is 8.26. The Kier molecular flexibility index (Phi) is 6.88. The first-order valence-corrected chi connectivity index (χ1v) is 11.1. The predicted octanol–water partition coefficient (Wildman–Crippen LogP) is 4.12. The molecule has 1 aromatic heterocycles. The van der Waals surface area contributed by atoms with E-state index in [0.717, 1.165) is 54.1 Å². The first kappa shape index (κ1) is 22.3. The summed E-state index contributed by atoms with van der Waals surface area (Å²) >= 11 is 0. The maximum atomic E-state index is 13.0. The summed E-state index contributed by atoms with van der Waals surface area (Å²) in [5.74, 6) is 6.07. The van der Waals surface area contributed by atoms with Gasteiger partial charge in [0.2, 0.25) is 0 Å². The zero-order valence-corrected chi connectivity index (χ0v) is 19.1. The second kappa shape index (κ2) is 10.2. The summed E-state index contributed by atoms with van der Waals surface area (Å²) in [6, 6.07) is 13.4. The number of nitrogens with zero attached hydrogens (tertiary/aromatic N) is 5. The van der Waals surface area contributed by atoms with Crippen LogP contribution in [-0.4, -0.2) is 51.4 Å². The Morgan fingerprint density at radius 3 is 2.52 bits per heavy atom. The maximum Gasteiger partial charge on any atom is 0.253 e. The Labute approximate surface area is 195 Å². The van der Waals surface area contributed by atoms with Crippen molar-refractivity contribution >= 4 is 11.6 Å². The molecule has 0 bridgehead atoms. The van der Waals surface area contributed by atoms with Gasteiger partial charge in [-0.15, -0.1) is 5.92 Å². The number of carbonyl (C=O) groups is 1. The summed E-state index contributed by atoms with van der Waals surface area (Å²) in [5.41, 5.74) is 5.67. The van der Waals surface area contributed by atoms with Crippen molar-refractivity contribution in [2.45, 2.75) is 26.9 Å². The SMILES string of the molecule is [C-]#[N+]c1ccc(Cn2cncc2CN2CCN(C(=O)c3ccc(C#CC)c(C)c3)CC2)cc1. The van der Waals surface area contributed by atoms with E-state index in [0.29, 0.717) is 18.8 Å². The number of hydrogen-bond acceptors (Lipinski definition) is 3. The van der Waals surface area contributed by atoms with Crippen LogP contribution in [0.5, 0.6) is 0 Å². The van der Waals surface area contributed by atoms with Crippen LogP contribution < -0.4 is 0 Å². The molecule has 1 aliphatic heterocycles. The van der Waals surface area contributed by atoms with Gasteiger partial charge in [-0.2, -0.15) is 0 Å². The van der Waals surface area contributed by atoms with Crippen LogP contribution in [0.2, 0.25) is 0 Å². The van der Waals surface area contributed by atoms with Crippen LogP contribution in [0.3, 0.4) is 0 Å². The smallest absolute Gasteiger partial charge is 0.253 e. The highest BCUT2D eigenvalue weighted by Gasteiger charge is 2.23. The monoisotopic (exact) mass is 437 g/mol. The minimum absolute atomic E-state index is 0.0849. The van der Waals surface area contributed by atoms with Gasteiger partial charge < -0.3 is 9.47 Å². The molecule has 0 unspecified atom stereocenters. The Bertz CT molecular complexity index is 1230. The maximum absolute atomic E-state index is 13.0. The molecule has 0 aliphatic carbocycles. The second-order valence-corrected chi connectivity index (χ2v) is 8.26. The van der Waals surface area contributed by atoms with E-state index in [1.807, 2.05) is 73.7 Å². The lowest BCUT2D eigenvalue weighted by molar-refractivity contribution is 0.0625. The van der Waals surface area contributed by atoms with Crippen molar-refractivity contribution in [3.8, 4) is 11.8 Å². The fourth-order valence-electron chi connectivity index (χ4n) is 4.09. The Hall–Kier alpha value is -3.87. The molecular weight excluding hydrogens is 410 g/mol. The Morgan fingerprint density at radius 1 is 1.09 bits per heavy atom. The molecule has 0 atom stereocenters. The van der Waals surface area contributed by atoms with E-state index >= 15 is 0 Å². The van der Waals surface area contributed by atoms with E-state index in [1.165, 1.54) is 0 Å². The number of imidazole rings is 1. The van der Waals surface area contributed by atoms with Crippen LogP contribution in [0.4, 0.5) is 5.69 Å². The highest BCUT2D eigenvalue weighted by atomic mass is 16.2. The minimum atomic E-state index is 0.0849. The molecule has 1 aliphatic rings. The quantitative estimate of drug-likeness (QED) is 0.446. The highest BCUT2D eigenvalue weighted by Crippen LogP contribution is 2.17. The number of amides is 1. The highest BCUT2D eigenvalue weighted by molar-refractivity contribution is 5.94. The van der Waals surface area contributed by atoms with Gasteiger partial charge in [0, 0.05) is 56.6 Å². The van der Waals surface area contributed by atoms with Gasteiger partial charge in [-0.3, -0.25) is 9.69 Å². The first-order chi connectivity index (χ1) is 16.1. The Morgan fingerprint density at radius 2 is 1.85 bits per heavy atom. The molecule has 1 fully saturated rings. The lowest BCUT2D eigenvalue weighted by atomic mass is 10.0. The molecule has 6 nitrogen and oxygen atoms in total. The number of aromatic nitrogens is 2. The normalized spacial score (nSPS) is 13.8. The molecule has 6 heteroatoms. The third kappa shape index (κ3) is 5.31. The van der Waals surface area contributed by atoms with E-state index < -0.39 is 0 Å². The van der Waals surface area contributed by atoms with Crippen molar-refractivity contribution in [3.63, 3.8) is 0 Å². The zero-order chi connectivity index (χ0) is 23.2. The van der Waals surface area contributed by atoms with Gasteiger partial charge >= 0.3 is 0 Å². The molecule has 33 heavy (non-hydrogen) atoms. The summed E-state index contributed by atoms with van der Waals surface area (Å²) in [6.07, 6.45) is 3.77. The summed E-state index contributed by atoms with van der Waals surface area (Å²) in [4.78, 5) is 25.1. The van der Waals surface area contributed by atoms with E-state index in [-0.39, 0.29) is 5.91 Å². The van der Waals surface area contributed by atoms with E-state index in [4.69, 9.17) is 6.57 Å². The number of carbonyl (C=O) groups excluding carboxylic acids is 1. The van der Waals surface area contributed by atoms with Crippen LogP contribution in [0.15, 0.2) is 55.0 Å². The lowest BCUT2D eigenvalue weighted by Gasteiger charge is -2.34. The molecule has 166 valence electrons. The van der Waals surface area contributed by atoms with Gasteiger partial charge in [-0.1, -0.05) is 30.2 Å². The van der Waals surface area contributed by atoms with E-state index in [2.05, 4.69) is 31.1 Å². The van der Waals surface area contributed by atoms with Gasteiger partial charge in [-0.05, 0) is 43.2 Å². The van der Waals surface area contributed by atoms with Crippen LogP contribution in [0.1, 0.15) is 39.7 Å². The molecule has 0 radical (unpaired) electrons. The van der Waals surface area contributed by atoms with Crippen molar-refractivity contribution in [2.75, 3.05) is 26.2 Å². The van der Waals surface area contributed by atoms with Crippen molar-refractivity contribution in [1.82, 2.24) is 19.4 Å². The summed E-state index contributed by atoms with van der Waals surface area (Å²) in [6.45, 7) is 15.5. The predicted molar refractivity (Wildman–Crippen MR) is 129 cm³/mol. The number of benzene rings is 2. The minimum Gasteiger partial charge on any atom is -0.336 e. The lowest BCUT2D eigenvalue weighted by Crippen LogP contribution is -2.48. The van der Waals surface area contributed by atoms with Crippen molar-refractivity contribution in [2.24, 2.45) is 0 Å². The summed E-state index contributed by atoms with van der Waals surface area (Å²) < 4.78 is 2.15. The topological polar surface area (TPSA) is 45.7 Å². The molecule has 0 N–H and O–H groups in total. The van der Waals surface area contributed by atoms with Crippen molar-refractivity contribution in [1.29, 1.82) is 0 Å². The number of aryl methyl sites for hydroxylation is 1. The number of piperazine rings is 1. The molecule has 3 aromatic rings. The molecular formula is C27H27N5O. The van der Waals surface area contributed by atoms with Gasteiger partial charge in [0.05, 0.1) is 18.6 Å². The zero-order valence-electron chi connectivity index (χ0n) is 19.1. The first-order valence-electron chi connectivity index (χ1n) is 11.1. The average molecular weight is 438 g/mol. The fraction of sp³-hybridized carbons (Fsp3) is 0.296. The summed E-state index contributed by atoms with van der Waals surface area (Å²) in [5, 5.41) is 0. The van der Waals surface area contributed by atoms with Gasteiger partial charge in [0.1, 0.15) is 0 Å².